The number of carbonyl (C=O) groups is 2. The predicted molar refractivity (Wildman–Crippen MR) is 54.4 cm³/mol. The van der Waals surface area contributed by atoms with Crippen LogP contribution < -0.4 is 10.6 Å². The molecule has 1 aliphatic heterocycles. The van der Waals surface area contributed by atoms with Crippen LogP contribution in [-0.4, -0.2) is 41.4 Å². The molecule has 0 aliphatic carbocycles. The highest BCUT2D eigenvalue weighted by atomic mass is 32.1. The molecule has 14 heavy (non-hydrogen) atoms. The first-order valence-electron chi connectivity index (χ1n) is 4.52. The number of hydrogen-bond acceptors (Lipinski definition) is 4. The quantitative estimate of drug-likeness (QED) is 0.468. The number of thiol groups is 1. The fourth-order valence-electron chi connectivity index (χ4n) is 1.37. The Bertz CT molecular complexity index is 229. The summed E-state index contributed by atoms with van der Waals surface area (Å²) in [6, 6.07) is -1.13. The number of rotatable bonds is 4. The van der Waals surface area contributed by atoms with Gasteiger partial charge in [0.1, 0.15) is 6.04 Å². The Morgan fingerprint density at radius 3 is 2.79 bits per heavy atom. The van der Waals surface area contributed by atoms with E-state index in [9.17, 15) is 9.59 Å². The maximum atomic E-state index is 11.4. The minimum Gasteiger partial charge on any atom is -0.480 e. The average molecular weight is 218 g/mol. The number of amides is 1. The van der Waals surface area contributed by atoms with Gasteiger partial charge in [-0.2, -0.15) is 12.6 Å². The van der Waals surface area contributed by atoms with Gasteiger partial charge in [0.15, 0.2) is 0 Å². The highest BCUT2D eigenvalue weighted by molar-refractivity contribution is 7.80. The third-order valence-electron chi connectivity index (χ3n) is 2.17. The van der Waals surface area contributed by atoms with E-state index in [4.69, 9.17) is 5.11 Å². The van der Waals surface area contributed by atoms with E-state index in [0.717, 1.165) is 19.4 Å². The number of hydrogen-bond donors (Lipinski definition) is 4. The van der Waals surface area contributed by atoms with Crippen molar-refractivity contribution in [2.45, 2.75) is 24.9 Å². The molecule has 1 rings (SSSR count). The van der Waals surface area contributed by atoms with Crippen molar-refractivity contribution < 1.29 is 14.7 Å². The van der Waals surface area contributed by atoms with Crippen LogP contribution in [0.15, 0.2) is 0 Å². The molecule has 1 aliphatic rings. The Morgan fingerprint density at radius 1 is 1.64 bits per heavy atom. The number of carboxylic acids is 1. The highest BCUT2D eigenvalue weighted by Gasteiger charge is 2.26. The van der Waals surface area contributed by atoms with Gasteiger partial charge >= 0.3 is 5.97 Å². The molecule has 80 valence electrons. The van der Waals surface area contributed by atoms with E-state index in [0.29, 0.717) is 0 Å². The van der Waals surface area contributed by atoms with E-state index in [1.807, 2.05) is 0 Å². The normalized spacial score (nSPS) is 23.1. The number of aliphatic carboxylic acids is 1. The molecule has 0 spiro atoms. The number of carboxylic acid groups (broad SMARTS) is 1. The lowest BCUT2D eigenvalue weighted by Gasteiger charge is -2.15. The molecule has 1 fully saturated rings. The summed E-state index contributed by atoms with van der Waals surface area (Å²) >= 11 is 3.86. The molecule has 1 saturated heterocycles. The van der Waals surface area contributed by atoms with Crippen molar-refractivity contribution in [2.24, 2.45) is 0 Å². The van der Waals surface area contributed by atoms with Crippen LogP contribution in [0.2, 0.25) is 0 Å². The third kappa shape index (κ3) is 2.88. The van der Waals surface area contributed by atoms with Gasteiger partial charge in [-0.1, -0.05) is 0 Å². The second-order valence-corrected chi connectivity index (χ2v) is 3.60. The topological polar surface area (TPSA) is 78.4 Å². The van der Waals surface area contributed by atoms with Gasteiger partial charge < -0.3 is 15.7 Å². The summed E-state index contributed by atoms with van der Waals surface area (Å²) in [5.74, 6) is -1.19. The SMILES string of the molecule is O=C(O)C(CS)NC(=O)[C@@H]1CCCN1. The first kappa shape index (κ1) is 11.3. The lowest BCUT2D eigenvalue weighted by molar-refractivity contribution is -0.141. The van der Waals surface area contributed by atoms with Gasteiger partial charge in [0, 0.05) is 5.75 Å². The summed E-state index contributed by atoms with van der Waals surface area (Å²) < 4.78 is 0. The fourth-order valence-corrected chi connectivity index (χ4v) is 1.61. The van der Waals surface area contributed by atoms with Crippen LogP contribution in [0.4, 0.5) is 0 Å². The largest absolute Gasteiger partial charge is 0.480 e. The Kier molecular flexibility index (Phi) is 4.21. The van der Waals surface area contributed by atoms with Gasteiger partial charge in [-0.05, 0) is 19.4 Å². The minimum atomic E-state index is -1.05. The molecule has 1 unspecified atom stereocenters. The van der Waals surface area contributed by atoms with Crippen LogP contribution in [0.25, 0.3) is 0 Å². The van der Waals surface area contributed by atoms with Crippen LogP contribution in [0.3, 0.4) is 0 Å². The molecule has 0 aromatic rings. The van der Waals surface area contributed by atoms with Crippen LogP contribution in [0.5, 0.6) is 0 Å². The van der Waals surface area contributed by atoms with E-state index in [1.54, 1.807) is 0 Å². The Balaban J connectivity index is 2.41. The Labute approximate surface area is 87.7 Å². The highest BCUT2D eigenvalue weighted by Crippen LogP contribution is 2.05. The molecule has 0 aromatic heterocycles. The fraction of sp³-hybridized carbons (Fsp3) is 0.750. The molecular weight excluding hydrogens is 204 g/mol. The summed E-state index contributed by atoms with van der Waals surface area (Å²) in [6.45, 7) is 0.816. The van der Waals surface area contributed by atoms with Crippen molar-refractivity contribution in [3.05, 3.63) is 0 Å². The molecule has 3 N–H and O–H groups in total. The van der Waals surface area contributed by atoms with Crippen LogP contribution >= 0.6 is 12.6 Å². The maximum absolute atomic E-state index is 11.4. The molecule has 6 heteroatoms. The second kappa shape index (κ2) is 5.21. The summed E-state index contributed by atoms with van der Waals surface area (Å²) in [5.41, 5.74) is 0. The van der Waals surface area contributed by atoms with Crippen LogP contribution in [0, 0.1) is 0 Å². The van der Waals surface area contributed by atoms with Gasteiger partial charge in [-0.25, -0.2) is 4.79 Å². The van der Waals surface area contributed by atoms with Crippen molar-refractivity contribution in [3.8, 4) is 0 Å². The lowest BCUT2D eigenvalue weighted by Crippen LogP contribution is -2.49. The van der Waals surface area contributed by atoms with E-state index in [2.05, 4.69) is 23.3 Å². The van der Waals surface area contributed by atoms with Gasteiger partial charge in [0.05, 0.1) is 6.04 Å². The van der Waals surface area contributed by atoms with E-state index in [1.165, 1.54) is 0 Å². The van der Waals surface area contributed by atoms with Gasteiger partial charge in [0.25, 0.3) is 0 Å². The molecule has 1 heterocycles. The molecular formula is C8H14N2O3S. The van der Waals surface area contributed by atoms with Crippen LogP contribution in [0.1, 0.15) is 12.8 Å². The Hall–Kier alpha value is -0.750. The van der Waals surface area contributed by atoms with Gasteiger partial charge in [-0.15, -0.1) is 0 Å². The molecule has 0 saturated carbocycles. The standard InChI is InChI=1S/C8H14N2O3S/c11-7(5-2-1-3-9-5)10-6(4-14)8(12)13/h5-6,9,14H,1-4H2,(H,10,11)(H,12,13)/t5-,6?/m0/s1. The van der Waals surface area contributed by atoms with Crippen LogP contribution in [-0.2, 0) is 9.59 Å². The zero-order chi connectivity index (χ0) is 10.6. The second-order valence-electron chi connectivity index (χ2n) is 3.23. The van der Waals surface area contributed by atoms with Crippen molar-refractivity contribution in [3.63, 3.8) is 0 Å². The minimum absolute atomic E-state index is 0.105. The summed E-state index contributed by atoms with van der Waals surface area (Å²) in [7, 11) is 0. The van der Waals surface area contributed by atoms with Crippen molar-refractivity contribution in [1.29, 1.82) is 0 Å². The molecule has 5 nitrogen and oxygen atoms in total. The Morgan fingerprint density at radius 2 is 2.36 bits per heavy atom. The molecule has 0 bridgehead atoms. The zero-order valence-electron chi connectivity index (χ0n) is 7.69. The molecule has 0 aromatic carbocycles. The van der Waals surface area contributed by atoms with Gasteiger partial charge in [-0.3, -0.25) is 4.79 Å². The average Bonchev–Trinajstić information content (AvgIpc) is 2.65. The van der Waals surface area contributed by atoms with E-state index < -0.39 is 12.0 Å². The monoisotopic (exact) mass is 218 g/mol. The zero-order valence-corrected chi connectivity index (χ0v) is 8.59. The molecule has 0 radical (unpaired) electrons. The first-order chi connectivity index (χ1) is 6.65. The molecule has 2 atom stereocenters. The predicted octanol–water partition coefficient (Wildman–Crippen LogP) is -0.762. The summed E-state index contributed by atoms with van der Waals surface area (Å²) in [6.07, 6.45) is 1.72. The first-order valence-corrected chi connectivity index (χ1v) is 5.16. The smallest absolute Gasteiger partial charge is 0.327 e. The van der Waals surface area contributed by atoms with Crippen molar-refractivity contribution in [1.82, 2.24) is 10.6 Å². The maximum Gasteiger partial charge on any atom is 0.327 e. The lowest BCUT2D eigenvalue weighted by atomic mass is 10.2. The number of nitrogens with one attached hydrogen (secondary N) is 2. The summed E-state index contributed by atoms with van der Waals surface area (Å²) in [5, 5.41) is 14.1. The van der Waals surface area contributed by atoms with E-state index >= 15 is 0 Å². The van der Waals surface area contributed by atoms with Gasteiger partial charge in [0.2, 0.25) is 5.91 Å². The summed E-state index contributed by atoms with van der Waals surface area (Å²) in [4.78, 5) is 22.0. The number of carbonyl (C=O) groups excluding carboxylic acids is 1. The van der Waals surface area contributed by atoms with Crippen molar-refractivity contribution in [2.75, 3.05) is 12.3 Å². The molecule has 1 amide bonds. The van der Waals surface area contributed by atoms with E-state index in [-0.39, 0.29) is 17.7 Å². The third-order valence-corrected chi connectivity index (χ3v) is 2.54. The van der Waals surface area contributed by atoms with Crippen molar-refractivity contribution >= 4 is 24.5 Å².